The zero-order chi connectivity index (χ0) is 12.4. The molecular weight excluding hydrogens is 224 g/mol. The normalized spacial score (nSPS) is 24.3. The molecule has 18 heavy (non-hydrogen) atoms. The SMILES string of the molecule is Cc1cc(N2CCCC(CNC3CC3)C2)ncn1. The fraction of sp³-hybridized carbons (Fsp3) is 0.714. The van der Waals surface area contributed by atoms with Gasteiger partial charge in [0.1, 0.15) is 12.1 Å². The van der Waals surface area contributed by atoms with Crippen molar-refractivity contribution < 1.29 is 0 Å². The van der Waals surface area contributed by atoms with Crippen molar-refractivity contribution in [1.82, 2.24) is 15.3 Å². The number of nitrogens with one attached hydrogen (secondary N) is 1. The highest BCUT2D eigenvalue weighted by molar-refractivity contribution is 5.39. The number of hydrogen-bond acceptors (Lipinski definition) is 4. The molecular formula is C14H22N4. The summed E-state index contributed by atoms with van der Waals surface area (Å²) in [4.78, 5) is 11.0. The maximum atomic E-state index is 4.40. The molecule has 0 radical (unpaired) electrons. The van der Waals surface area contributed by atoms with E-state index in [-0.39, 0.29) is 0 Å². The molecule has 0 amide bonds. The summed E-state index contributed by atoms with van der Waals surface area (Å²) in [5.41, 5.74) is 1.05. The molecule has 3 rings (SSSR count). The van der Waals surface area contributed by atoms with Gasteiger partial charge in [-0.1, -0.05) is 0 Å². The molecule has 1 aromatic rings. The Kier molecular flexibility index (Phi) is 3.46. The summed E-state index contributed by atoms with van der Waals surface area (Å²) in [5.74, 6) is 1.87. The summed E-state index contributed by atoms with van der Waals surface area (Å²) in [5, 5.41) is 3.65. The fourth-order valence-electron chi connectivity index (χ4n) is 2.67. The van der Waals surface area contributed by atoms with Crippen molar-refractivity contribution >= 4 is 5.82 Å². The minimum Gasteiger partial charge on any atom is -0.356 e. The summed E-state index contributed by atoms with van der Waals surface area (Å²) in [7, 11) is 0. The average Bonchev–Trinajstić information content (AvgIpc) is 3.21. The Bertz CT molecular complexity index is 403. The van der Waals surface area contributed by atoms with E-state index >= 15 is 0 Å². The van der Waals surface area contributed by atoms with E-state index in [4.69, 9.17) is 0 Å². The van der Waals surface area contributed by atoms with Gasteiger partial charge in [0, 0.05) is 30.9 Å². The highest BCUT2D eigenvalue weighted by Crippen LogP contribution is 2.23. The minimum atomic E-state index is 0.773. The van der Waals surface area contributed by atoms with Gasteiger partial charge in [-0.15, -0.1) is 0 Å². The minimum absolute atomic E-state index is 0.773. The van der Waals surface area contributed by atoms with Crippen LogP contribution < -0.4 is 10.2 Å². The van der Waals surface area contributed by atoms with Crippen molar-refractivity contribution in [2.24, 2.45) is 5.92 Å². The van der Waals surface area contributed by atoms with E-state index in [9.17, 15) is 0 Å². The second kappa shape index (κ2) is 5.22. The van der Waals surface area contributed by atoms with Crippen molar-refractivity contribution in [1.29, 1.82) is 0 Å². The van der Waals surface area contributed by atoms with Crippen LogP contribution in [0.5, 0.6) is 0 Å². The summed E-state index contributed by atoms with van der Waals surface area (Å²) in [6.45, 7) is 5.47. The maximum Gasteiger partial charge on any atom is 0.132 e. The number of aryl methyl sites for hydroxylation is 1. The Morgan fingerprint density at radius 1 is 1.33 bits per heavy atom. The summed E-state index contributed by atoms with van der Waals surface area (Å²) >= 11 is 0. The van der Waals surface area contributed by atoms with Crippen LogP contribution >= 0.6 is 0 Å². The molecule has 4 nitrogen and oxygen atoms in total. The van der Waals surface area contributed by atoms with Crippen molar-refractivity contribution in [2.75, 3.05) is 24.5 Å². The molecule has 2 heterocycles. The standard InChI is InChI=1S/C14H22N4/c1-11-7-14(17-10-16-11)18-6-2-3-12(9-18)8-15-13-4-5-13/h7,10,12-13,15H,2-6,8-9H2,1H3. The van der Waals surface area contributed by atoms with Crippen LogP contribution in [0.25, 0.3) is 0 Å². The molecule has 1 saturated heterocycles. The summed E-state index contributed by atoms with van der Waals surface area (Å²) in [6, 6.07) is 2.91. The molecule has 1 aliphatic carbocycles. The fourth-order valence-corrected chi connectivity index (χ4v) is 2.67. The van der Waals surface area contributed by atoms with Gasteiger partial charge in [0.2, 0.25) is 0 Å². The molecule has 1 saturated carbocycles. The van der Waals surface area contributed by atoms with Crippen LogP contribution in [0.1, 0.15) is 31.4 Å². The van der Waals surface area contributed by atoms with Gasteiger partial charge >= 0.3 is 0 Å². The number of hydrogen-bond donors (Lipinski definition) is 1. The third-order valence-electron chi connectivity index (χ3n) is 3.90. The second-order valence-electron chi connectivity index (χ2n) is 5.65. The first kappa shape index (κ1) is 11.9. The van der Waals surface area contributed by atoms with E-state index < -0.39 is 0 Å². The number of anilines is 1. The van der Waals surface area contributed by atoms with Gasteiger partial charge in [0.25, 0.3) is 0 Å². The lowest BCUT2D eigenvalue weighted by Crippen LogP contribution is -2.40. The van der Waals surface area contributed by atoms with Gasteiger partial charge in [0.05, 0.1) is 0 Å². The van der Waals surface area contributed by atoms with Crippen LogP contribution in [0, 0.1) is 12.8 Å². The molecule has 98 valence electrons. The predicted octanol–water partition coefficient (Wildman–Crippen LogP) is 1.75. The Balaban J connectivity index is 1.58. The lowest BCUT2D eigenvalue weighted by Gasteiger charge is -2.33. The first-order valence-electron chi connectivity index (χ1n) is 7.08. The van der Waals surface area contributed by atoms with Crippen molar-refractivity contribution in [3.8, 4) is 0 Å². The molecule has 1 aliphatic heterocycles. The molecule has 1 unspecified atom stereocenters. The number of rotatable bonds is 4. The zero-order valence-corrected chi connectivity index (χ0v) is 11.1. The third kappa shape index (κ3) is 2.99. The maximum absolute atomic E-state index is 4.40. The van der Waals surface area contributed by atoms with Gasteiger partial charge in [0.15, 0.2) is 0 Å². The van der Waals surface area contributed by atoms with Crippen LogP contribution in [-0.4, -0.2) is 35.6 Å². The zero-order valence-electron chi connectivity index (χ0n) is 11.1. The van der Waals surface area contributed by atoms with Gasteiger partial charge in [-0.2, -0.15) is 0 Å². The molecule has 1 atom stereocenters. The largest absolute Gasteiger partial charge is 0.356 e. The van der Waals surface area contributed by atoms with Crippen LogP contribution in [0.2, 0.25) is 0 Å². The van der Waals surface area contributed by atoms with E-state index in [1.165, 1.54) is 32.2 Å². The third-order valence-corrected chi connectivity index (χ3v) is 3.90. The topological polar surface area (TPSA) is 41.0 Å². The first-order valence-corrected chi connectivity index (χ1v) is 7.08. The molecule has 0 bridgehead atoms. The molecule has 1 aromatic heterocycles. The van der Waals surface area contributed by atoms with Gasteiger partial charge in [-0.25, -0.2) is 9.97 Å². The van der Waals surface area contributed by atoms with E-state index in [1.807, 2.05) is 6.92 Å². The molecule has 1 N–H and O–H groups in total. The number of aromatic nitrogens is 2. The summed E-state index contributed by atoms with van der Waals surface area (Å²) < 4.78 is 0. The molecule has 4 heteroatoms. The van der Waals surface area contributed by atoms with Crippen molar-refractivity contribution in [2.45, 2.75) is 38.6 Å². The lowest BCUT2D eigenvalue weighted by atomic mass is 9.98. The van der Waals surface area contributed by atoms with Crippen molar-refractivity contribution in [3.63, 3.8) is 0 Å². The molecule has 2 fully saturated rings. The van der Waals surface area contributed by atoms with Crippen LogP contribution in [0.15, 0.2) is 12.4 Å². The number of nitrogens with zero attached hydrogens (tertiary/aromatic N) is 3. The average molecular weight is 246 g/mol. The highest BCUT2D eigenvalue weighted by Gasteiger charge is 2.25. The second-order valence-corrected chi connectivity index (χ2v) is 5.65. The number of piperidine rings is 1. The Labute approximate surface area is 109 Å². The smallest absolute Gasteiger partial charge is 0.132 e. The summed E-state index contributed by atoms with van der Waals surface area (Å²) in [6.07, 6.45) is 7.06. The lowest BCUT2D eigenvalue weighted by molar-refractivity contribution is 0.389. The van der Waals surface area contributed by atoms with Crippen molar-refractivity contribution in [3.05, 3.63) is 18.1 Å². The first-order chi connectivity index (χ1) is 8.81. The Morgan fingerprint density at radius 3 is 3.00 bits per heavy atom. The predicted molar refractivity (Wildman–Crippen MR) is 72.7 cm³/mol. The van der Waals surface area contributed by atoms with Gasteiger partial charge in [-0.3, -0.25) is 0 Å². The van der Waals surface area contributed by atoms with E-state index in [0.29, 0.717) is 0 Å². The Hall–Kier alpha value is -1.16. The van der Waals surface area contributed by atoms with Crippen LogP contribution in [-0.2, 0) is 0 Å². The van der Waals surface area contributed by atoms with Gasteiger partial charge < -0.3 is 10.2 Å². The quantitative estimate of drug-likeness (QED) is 0.879. The van der Waals surface area contributed by atoms with E-state index in [2.05, 4.69) is 26.3 Å². The highest BCUT2D eigenvalue weighted by atomic mass is 15.2. The van der Waals surface area contributed by atoms with Crippen LogP contribution in [0.4, 0.5) is 5.82 Å². The Morgan fingerprint density at radius 2 is 2.22 bits per heavy atom. The van der Waals surface area contributed by atoms with E-state index in [0.717, 1.165) is 36.6 Å². The van der Waals surface area contributed by atoms with Crippen LogP contribution in [0.3, 0.4) is 0 Å². The van der Waals surface area contributed by atoms with E-state index in [1.54, 1.807) is 6.33 Å². The molecule has 0 spiro atoms. The monoisotopic (exact) mass is 246 g/mol. The molecule has 2 aliphatic rings. The van der Waals surface area contributed by atoms with Gasteiger partial charge in [-0.05, 0) is 45.1 Å². The molecule has 0 aromatic carbocycles.